The number of hydrogen-bond donors (Lipinski definition) is 0. The molecule has 48 valence electrons. The molecule has 0 spiro atoms. The fourth-order valence-electron chi connectivity index (χ4n) is 0.514. The minimum absolute atomic E-state index is 0. The van der Waals surface area contributed by atoms with Gasteiger partial charge in [-0.15, -0.1) is 0 Å². The molecule has 0 bridgehead atoms. The molecule has 0 unspecified atom stereocenters. The van der Waals surface area contributed by atoms with Gasteiger partial charge in [0.15, 0.2) is 0 Å². The minimum atomic E-state index is 0. The Morgan fingerprint density at radius 1 is 1.30 bits per heavy atom. The van der Waals surface area contributed by atoms with Crippen molar-refractivity contribution in [2.75, 3.05) is 0 Å². The van der Waals surface area contributed by atoms with Crippen LogP contribution in [0.3, 0.4) is 0 Å². The normalized spacial score (nSPS) is 8.10. The van der Waals surface area contributed by atoms with Crippen molar-refractivity contribution >= 4 is 59.1 Å². The van der Waals surface area contributed by atoms with E-state index in [1.165, 1.54) is 19.3 Å². The fraction of sp³-hybridized carbons (Fsp3) is 0.500. The van der Waals surface area contributed by atoms with Gasteiger partial charge in [-0.25, -0.2) is 0 Å². The molecule has 0 aromatic rings. The van der Waals surface area contributed by atoms with E-state index in [9.17, 15) is 0 Å². The maximum Gasteiger partial charge on any atom is 0 e. The van der Waals surface area contributed by atoms with E-state index in [2.05, 4.69) is 19.6 Å². The summed E-state index contributed by atoms with van der Waals surface area (Å²) in [5.41, 5.74) is 0. The summed E-state index contributed by atoms with van der Waals surface area (Å²) in [7, 11) is 0. The molecule has 0 fully saturated rings. The van der Waals surface area contributed by atoms with Crippen LogP contribution in [0.4, 0.5) is 0 Å². The van der Waals surface area contributed by atoms with Gasteiger partial charge in [0, 0.05) is 59.1 Å². The van der Waals surface area contributed by atoms with E-state index in [-0.39, 0.29) is 59.1 Å². The second-order valence-electron chi connectivity index (χ2n) is 1.81. The van der Waals surface area contributed by atoms with Crippen LogP contribution in [0, 0.1) is 0 Å². The molecule has 0 rings (SSSR count). The summed E-state index contributed by atoms with van der Waals surface area (Å²) in [5, 5.41) is 0. The molecule has 2 radical (unpaired) electrons. The van der Waals surface area contributed by atoms with E-state index in [0.717, 1.165) is 0 Å². The average molecular weight is 156 g/mol. The Bertz CT molecular complexity index is 77.3. The zero-order chi connectivity index (χ0) is 6.24. The van der Waals surface area contributed by atoms with Gasteiger partial charge in [0.2, 0.25) is 0 Å². The molecule has 0 aliphatic rings. The Kier molecular flexibility index (Phi) is 29.5. The molecule has 0 aliphatic heterocycles. The first-order valence-corrected chi connectivity index (χ1v) is 3.19. The van der Waals surface area contributed by atoms with Crippen LogP contribution in [-0.2, 0) is 0 Å². The number of unbranched alkanes of at least 4 members (excludes halogenated alkanes) is 2. The van der Waals surface area contributed by atoms with Crippen molar-refractivity contribution in [2.45, 2.75) is 26.2 Å². The quantitative estimate of drug-likeness (QED) is 0.332. The Morgan fingerprint density at radius 3 is 2.30 bits per heavy atom. The van der Waals surface area contributed by atoms with Crippen molar-refractivity contribution in [3.63, 3.8) is 0 Å². The summed E-state index contributed by atoms with van der Waals surface area (Å²) in [5.74, 6) is 0. The molecule has 0 atom stereocenters. The summed E-state index contributed by atoms with van der Waals surface area (Å²) in [6.07, 6.45) is 9.73. The van der Waals surface area contributed by atoms with Crippen LogP contribution in [-0.4, -0.2) is 59.1 Å². The average Bonchev–Trinajstić information content (AvgIpc) is 1.81. The van der Waals surface area contributed by atoms with Crippen LogP contribution in [0.2, 0.25) is 0 Å². The Balaban J connectivity index is -0.000000245. The first kappa shape index (κ1) is 17.5. The van der Waals surface area contributed by atoms with Gasteiger partial charge < -0.3 is 0 Å². The maximum absolute atomic E-state index is 3.57. The minimum Gasteiger partial charge on any atom is -0.0991 e. The summed E-state index contributed by atoms with van der Waals surface area (Å²) in [6, 6.07) is 0. The van der Waals surface area contributed by atoms with Crippen molar-refractivity contribution in [3.05, 3.63) is 24.8 Å². The molecule has 0 saturated heterocycles. The van der Waals surface area contributed by atoms with Gasteiger partial charge in [-0.05, 0) is 6.42 Å². The van der Waals surface area contributed by atoms with E-state index in [1.807, 2.05) is 12.2 Å². The molecule has 0 heterocycles. The third-order valence-corrected chi connectivity index (χ3v) is 0.997. The Morgan fingerprint density at radius 2 is 1.90 bits per heavy atom. The third-order valence-electron chi connectivity index (χ3n) is 0.997. The monoisotopic (exact) mass is 156 g/mol. The van der Waals surface area contributed by atoms with Gasteiger partial charge >= 0.3 is 0 Å². The molecule has 0 aliphatic carbocycles. The second kappa shape index (κ2) is 16.8. The predicted octanol–water partition coefficient (Wildman–Crippen LogP) is 2.16. The van der Waals surface area contributed by atoms with Gasteiger partial charge in [0.25, 0.3) is 0 Å². The van der Waals surface area contributed by atoms with Crippen molar-refractivity contribution in [1.29, 1.82) is 0 Å². The summed E-state index contributed by atoms with van der Waals surface area (Å²) < 4.78 is 0. The molecular formula is C8H14Na2. The van der Waals surface area contributed by atoms with Crippen LogP contribution in [0.1, 0.15) is 26.2 Å². The van der Waals surface area contributed by atoms with Crippen molar-refractivity contribution < 1.29 is 0 Å². The number of allylic oxidation sites excluding steroid dienone is 3. The topological polar surface area (TPSA) is 0 Å². The van der Waals surface area contributed by atoms with Crippen LogP contribution >= 0.6 is 0 Å². The van der Waals surface area contributed by atoms with Crippen molar-refractivity contribution in [1.82, 2.24) is 0 Å². The van der Waals surface area contributed by atoms with E-state index in [4.69, 9.17) is 0 Å². The Labute approximate surface area is 109 Å². The van der Waals surface area contributed by atoms with Gasteiger partial charge in [0.1, 0.15) is 0 Å². The first-order valence-electron chi connectivity index (χ1n) is 3.19. The first-order chi connectivity index (χ1) is 3.91. The van der Waals surface area contributed by atoms with E-state index < -0.39 is 0 Å². The fourth-order valence-corrected chi connectivity index (χ4v) is 0.514. The maximum atomic E-state index is 3.57. The molecule has 0 aromatic carbocycles. The van der Waals surface area contributed by atoms with Gasteiger partial charge in [-0.2, -0.15) is 0 Å². The molecule has 0 aromatic heterocycles. The van der Waals surface area contributed by atoms with Gasteiger partial charge in [0.05, 0.1) is 0 Å². The zero-order valence-corrected chi connectivity index (χ0v) is 11.6. The Hall–Kier alpha value is 1.48. The molecule has 0 amide bonds. The molecule has 10 heavy (non-hydrogen) atoms. The summed E-state index contributed by atoms with van der Waals surface area (Å²) >= 11 is 0. The van der Waals surface area contributed by atoms with Crippen LogP contribution in [0.5, 0.6) is 0 Å². The van der Waals surface area contributed by atoms with Crippen LogP contribution in [0.15, 0.2) is 24.8 Å². The van der Waals surface area contributed by atoms with Crippen molar-refractivity contribution in [3.8, 4) is 0 Å². The molecular weight excluding hydrogens is 142 g/mol. The van der Waals surface area contributed by atoms with Gasteiger partial charge in [-0.1, -0.05) is 44.6 Å². The van der Waals surface area contributed by atoms with Crippen LogP contribution < -0.4 is 0 Å². The largest absolute Gasteiger partial charge is 0.0991 e. The summed E-state index contributed by atoms with van der Waals surface area (Å²) in [4.78, 5) is 0. The standard InChI is InChI=1S/C8H14.2Na/c1-3-5-7-8-6-4-2;;/h3,5,7H,1,4,6,8H2,2H3;;. The van der Waals surface area contributed by atoms with Crippen molar-refractivity contribution in [2.24, 2.45) is 0 Å². The molecule has 2 heteroatoms. The zero-order valence-electron chi connectivity index (χ0n) is 7.56. The third kappa shape index (κ3) is 16.2. The SMILES string of the molecule is C=CC=CCCCC.[Na].[Na]. The van der Waals surface area contributed by atoms with E-state index in [1.54, 1.807) is 0 Å². The molecule has 0 saturated carbocycles. The van der Waals surface area contributed by atoms with Crippen LogP contribution in [0.25, 0.3) is 0 Å². The number of rotatable bonds is 4. The second-order valence-corrected chi connectivity index (χ2v) is 1.81. The van der Waals surface area contributed by atoms with Gasteiger partial charge in [-0.3, -0.25) is 0 Å². The summed E-state index contributed by atoms with van der Waals surface area (Å²) in [6.45, 7) is 5.77. The molecule has 0 N–H and O–H groups in total. The number of hydrogen-bond acceptors (Lipinski definition) is 0. The smallest absolute Gasteiger partial charge is 0 e. The molecule has 0 nitrogen and oxygen atoms in total. The van der Waals surface area contributed by atoms with E-state index >= 15 is 0 Å². The predicted molar refractivity (Wildman–Crippen MR) is 50.4 cm³/mol. The van der Waals surface area contributed by atoms with E-state index in [0.29, 0.717) is 0 Å².